The zero-order chi connectivity index (χ0) is 20.0. The zero-order valence-electron chi connectivity index (χ0n) is 16.6. The number of amides is 3. The van der Waals surface area contributed by atoms with Gasteiger partial charge in [0.15, 0.2) is 0 Å². The summed E-state index contributed by atoms with van der Waals surface area (Å²) in [6.45, 7) is 4.59. The summed E-state index contributed by atoms with van der Waals surface area (Å²) < 4.78 is 0. The van der Waals surface area contributed by atoms with E-state index in [-0.39, 0.29) is 24.1 Å². The van der Waals surface area contributed by atoms with Crippen LogP contribution in [0, 0.1) is 11.3 Å². The van der Waals surface area contributed by atoms with Crippen LogP contribution in [0.25, 0.3) is 0 Å². The fraction of sp³-hybridized carbons (Fsp3) is 0.591. The van der Waals surface area contributed by atoms with Crippen molar-refractivity contribution in [2.75, 3.05) is 19.6 Å². The minimum absolute atomic E-state index is 0.111. The molecule has 0 bridgehead atoms. The van der Waals surface area contributed by atoms with E-state index >= 15 is 0 Å². The smallest absolute Gasteiger partial charge is 0.255 e. The summed E-state index contributed by atoms with van der Waals surface area (Å²) >= 11 is 0. The molecule has 1 aromatic carbocycles. The molecule has 7 nitrogen and oxygen atoms in total. The largest absolute Gasteiger partial charge is 0.322 e. The van der Waals surface area contributed by atoms with Crippen molar-refractivity contribution in [3.63, 3.8) is 0 Å². The van der Waals surface area contributed by atoms with E-state index in [0.717, 1.165) is 37.7 Å². The van der Waals surface area contributed by atoms with E-state index in [9.17, 15) is 14.4 Å². The molecule has 5 rings (SSSR count). The van der Waals surface area contributed by atoms with Crippen molar-refractivity contribution in [2.24, 2.45) is 11.3 Å². The van der Waals surface area contributed by atoms with E-state index in [1.54, 1.807) is 4.90 Å². The number of imide groups is 1. The molecule has 1 aromatic rings. The van der Waals surface area contributed by atoms with Gasteiger partial charge in [0.25, 0.3) is 5.91 Å². The quantitative estimate of drug-likeness (QED) is 0.644. The molecular formula is C22H28N4O3. The van der Waals surface area contributed by atoms with Gasteiger partial charge >= 0.3 is 0 Å². The van der Waals surface area contributed by atoms with Gasteiger partial charge in [0.2, 0.25) is 11.8 Å². The molecule has 154 valence electrons. The van der Waals surface area contributed by atoms with Crippen molar-refractivity contribution in [2.45, 2.75) is 51.2 Å². The molecule has 1 spiro atoms. The number of fused-ring (bicyclic) bond motifs is 1. The van der Waals surface area contributed by atoms with Gasteiger partial charge in [-0.15, -0.1) is 0 Å². The second-order valence-corrected chi connectivity index (χ2v) is 9.04. The molecule has 29 heavy (non-hydrogen) atoms. The second kappa shape index (κ2) is 7.22. The predicted octanol–water partition coefficient (Wildman–Crippen LogP) is 0.927. The van der Waals surface area contributed by atoms with Crippen molar-refractivity contribution in [3.8, 4) is 0 Å². The molecule has 3 aliphatic heterocycles. The summed E-state index contributed by atoms with van der Waals surface area (Å²) in [5.41, 5.74) is 3.40. The zero-order valence-corrected chi connectivity index (χ0v) is 16.6. The summed E-state index contributed by atoms with van der Waals surface area (Å²) in [5, 5.41) is 9.40. The van der Waals surface area contributed by atoms with Gasteiger partial charge in [0.05, 0.1) is 0 Å². The molecule has 2 saturated heterocycles. The van der Waals surface area contributed by atoms with Crippen molar-refractivity contribution in [1.29, 1.82) is 0 Å². The number of carbonyl (C=O) groups excluding carboxylic acids is 3. The number of nitrogens with one attached hydrogen (secondary N) is 3. The first kappa shape index (κ1) is 18.8. The van der Waals surface area contributed by atoms with Gasteiger partial charge in [-0.2, -0.15) is 0 Å². The average molecular weight is 396 g/mol. The molecule has 3 amide bonds. The Hall–Kier alpha value is -2.25. The van der Waals surface area contributed by atoms with Crippen LogP contribution in [0.4, 0.5) is 0 Å². The van der Waals surface area contributed by atoms with Crippen molar-refractivity contribution >= 4 is 17.7 Å². The molecule has 3 fully saturated rings. The number of hydrogen-bond acceptors (Lipinski definition) is 5. The van der Waals surface area contributed by atoms with Crippen LogP contribution >= 0.6 is 0 Å². The van der Waals surface area contributed by atoms with Crippen LogP contribution in [0.1, 0.15) is 53.6 Å². The Balaban J connectivity index is 1.18. The Bertz CT molecular complexity index is 862. The Kier molecular flexibility index (Phi) is 4.67. The first-order chi connectivity index (χ1) is 14.1. The maximum Gasteiger partial charge on any atom is 0.255 e. The van der Waals surface area contributed by atoms with E-state index in [1.165, 1.54) is 24.8 Å². The number of nitrogens with zero attached hydrogens (tertiary/aromatic N) is 1. The second-order valence-electron chi connectivity index (χ2n) is 9.04. The highest BCUT2D eigenvalue weighted by Crippen LogP contribution is 2.58. The minimum atomic E-state index is -0.551. The first-order valence-electron chi connectivity index (χ1n) is 10.7. The lowest BCUT2D eigenvalue weighted by atomic mass is 9.92. The lowest BCUT2D eigenvalue weighted by Crippen LogP contribution is -2.52. The molecule has 1 saturated carbocycles. The van der Waals surface area contributed by atoms with Gasteiger partial charge < -0.3 is 15.5 Å². The summed E-state index contributed by atoms with van der Waals surface area (Å²) in [4.78, 5) is 37.9. The lowest BCUT2D eigenvalue weighted by molar-refractivity contribution is -0.136. The molecule has 7 heteroatoms. The van der Waals surface area contributed by atoms with E-state index < -0.39 is 6.04 Å². The summed E-state index contributed by atoms with van der Waals surface area (Å²) in [6, 6.07) is 5.42. The summed E-state index contributed by atoms with van der Waals surface area (Å²) in [6.07, 6.45) is 4.64. The molecule has 0 aromatic heterocycles. The Labute approximate surface area is 170 Å². The molecule has 3 N–H and O–H groups in total. The lowest BCUT2D eigenvalue weighted by Gasteiger charge is -2.29. The third-order valence-corrected chi connectivity index (χ3v) is 7.27. The van der Waals surface area contributed by atoms with Gasteiger partial charge in [-0.05, 0) is 73.8 Å². The predicted molar refractivity (Wildman–Crippen MR) is 107 cm³/mol. The fourth-order valence-electron chi connectivity index (χ4n) is 5.39. The molecular weight excluding hydrogens is 368 g/mol. The normalized spacial score (nSPS) is 27.9. The third kappa shape index (κ3) is 3.46. The Morgan fingerprint density at radius 3 is 2.79 bits per heavy atom. The van der Waals surface area contributed by atoms with Crippen molar-refractivity contribution < 1.29 is 14.4 Å². The average Bonchev–Trinajstić information content (AvgIpc) is 3.26. The van der Waals surface area contributed by atoms with Crippen molar-refractivity contribution in [3.05, 3.63) is 34.9 Å². The van der Waals surface area contributed by atoms with Crippen LogP contribution < -0.4 is 16.0 Å². The van der Waals surface area contributed by atoms with Crippen LogP contribution in [-0.4, -0.2) is 48.3 Å². The number of hydrogen-bond donors (Lipinski definition) is 3. The van der Waals surface area contributed by atoms with E-state index in [0.29, 0.717) is 23.9 Å². The highest BCUT2D eigenvalue weighted by atomic mass is 16.2. The highest BCUT2D eigenvalue weighted by Gasteiger charge is 2.53. The van der Waals surface area contributed by atoms with Gasteiger partial charge in [-0.1, -0.05) is 12.1 Å². The topological polar surface area (TPSA) is 90.5 Å². The number of carbonyl (C=O) groups is 3. The number of piperidine rings is 2. The van der Waals surface area contributed by atoms with Crippen LogP contribution in [0.3, 0.4) is 0 Å². The summed E-state index contributed by atoms with van der Waals surface area (Å²) in [7, 11) is 0. The molecule has 2 atom stereocenters. The molecule has 1 aliphatic carbocycles. The molecule has 0 radical (unpaired) electrons. The number of benzene rings is 1. The first-order valence-corrected chi connectivity index (χ1v) is 10.7. The standard InChI is InChI=1S/C22H28N4O3/c27-19-4-3-18(20(28)25-19)26-13-15-9-14(1-2-17(15)21(26)29)11-24-12-16-10-22(16)5-7-23-8-6-22/h1-2,9,16,18,23-24H,3-8,10-13H2,(H,25,27,28). The highest BCUT2D eigenvalue weighted by molar-refractivity contribution is 6.05. The van der Waals surface area contributed by atoms with Crippen molar-refractivity contribution in [1.82, 2.24) is 20.9 Å². The SMILES string of the molecule is O=C1CCC(N2Cc3cc(CNCC4CC45CCNCC5)ccc3C2=O)C(=O)N1. The van der Waals surface area contributed by atoms with Gasteiger partial charge in [0, 0.05) is 25.1 Å². The fourth-order valence-corrected chi connectivity index (χ4v) is 5.39. The Morgan fingerprint density at radius 2 is 2.00 bits per heavy atom. The monoisotopic (exact) mass is 396 g/mol. The van der Waals surface area contributed by atoms with Crippen LogP contribution in [0.5, 0.6) is 0 Å². The van der Waals surface area contributed by atoms with Gasteiger partial charge in [-0.25, -0.2) is 0 Å². The minimum Gasteiger partial charge on any atom is -0.322 e. The van der Waals surface area contributed by atoms with E-state index in [1.807, 2.05) is 12.1 Å². The third-order valence-electron chi connectivity index (χ3n) is 7.27. The maximum absolute atomic E-state index is 12.8. The number of rotatable bonds is 5. The summed E-state index contributed by atoms with van der Waals surface area (Å²) in [5.74, 6) is 0.0646. The Morgan fingerprint density at radius 1 is 1.17 bits per heavy atom. The van der Waals surface area contributed by atoms with Crippen LogP contribution in [-0.2, 0) is 22.7 Å². The van der Waals surface area contributed by atoms with E-state index in [2.05, 4.69) is 22.0 Å². The molecule has 2 unspecified atom stereocenters. The maximum atomic E-state index is 12.8. The molecule has 4 aliphatic rings. The van der Waals surface area contributed by atoms with Gasteiger partial charge in [0.1, 0.15) is 6.04 Å². The van der Waals surface area contributed by atoms with Gasteiger partial charge in [-0.3, -0.25) is 19.7 Å². The van der Waals surface area contributed by atoms with Crippen LogP contribution in [0.15, 0.2) is 18.2 Å². The van der Waals surface area contributed by atoms with E-state index in [4.69, 9.17) is 0 Å². The van der Waals surface area contributed by atoms with Crippen LogP contribution in [0.2, 0.25) is 0 Å². The molecule has 3 heterocycles.